The number of nitro groups is 1. The smallest absolute Gasteiger partial charge is 0.313 e. The predicted octanol–water partition coefficient (Wildman–Crippen LogP) is 3.93. The number of rotatable bonds is 8. The van der Waals surface area contributed by atoms with Crippen LogP contribution >= 0.6 is 6.64 Å². The summed E-state index contributed by atoms with van der Waals surface area (Å²) in [7, 11) is 0. The van der Waals surface area contributed by atoms with Gasteiger partial charge in [0.05, 0.1) is 11.5 Å². The minimum atomic E-state index is -2.66. The van der Waals surface area contributed by atoms with E-state index in [2.05, 4.69) is 5.09 Å². The van der Waals surface area contributed by atoms with E-state index in [1.54, 1.807) is 19.1 Å². The lowest BCUT2D eigenvalue weighted by molar-refractivity contribution is -0.385. The fraction of sp³-hybridized carbons (Fsp3) is 0.538. The summed E-state index contributed by atoms with van der Waals surface area (Å²) in [6.07, 6.45) is 0.897. The van der Waals surface area contributed by atoms with E-state index in [9.17, 15) is 10.1 Å². The van der Waals surface area contributed by atoms with Gasteiger partial charge in [-0.1, -0.05) is 6.92 Å². The van der Waals surface area contributed by atoms with Crippen molar-refractivity contribution < 1.29 is 14.0 Å². The molecule has 0 aliphatic rings. The first kappa shape index (κ1) is 18.0. The summed E-state index contributed by atoms with van der Waals surface area (Å²) in [4.78, 5) is 10.4. The summed E-state index contributed by atoms with van der Waals surface area (Å²) >= 11 is 5.47. The van der Waals surface area contributed by atoms with Gasteiger partial charge in [0.1, 0.15) is 5.75 Å². The molecule has 0 aliphatic heterocycles. The van der Waals surface area contributed by atoms with Gasteiger partial charge in [-0.15, -0.1) is 0 Å². The van der Waals surface area contributed by atoms with Gasteiger partial charge in [0, 0.05) is 17.7 Å². The van der Waals surface area contributed by atoms with E-state index in [1.807, 2.05) is 20.8 Å². The van der Waals surface area contributed by atoms with E-state index in [0.717, 1.165) is 6.42 Å². The Morgan fingerprint density at radius 3 is 2.62 bits per heavy atom. The van der Waals surface area contributed by atoms with Crippen molar-refractivity contribution in [3.05, 3.63) is 33.9 Å². The largest absolute Gasteiger partial charge is 0.433 e. The van der Waals surface area contributed by atoms with E-state index < -0.39 is 11.6 Å². The Morgan fingerprint density at radius 1 is 1.48 bits per heavy atom. The number of hydrogen-bond donors (Lipinski definition) is 1. The first-order chi connectivity index (χ1) is 9.81. The highest BCUT2D eigenvalue weighted by atomic mass is 32.5. The first-order valence-electron chi connectivity index (χ1n) is 6.78. The van der Waals surface area contributed by atoms with Gasteiger partial charge in [-0.3, -0.25) is 10.1 Å². The molecule has 2 atom stereocenters. The van der Waals surface area contributed by atoms with Gasteiger partial charge in [0.15, 0.2) is 0 Å². The van der Waals surface area contributed by atoms with Crippen molar-refractivity contribution in [1.82, 2.24) is 5.09 Å². The molecule has 0 heterocycles. The van der Waals surface area contributed by atoms with Gasteiger partial charge in [-0.05, 0) is 51.1 Å². The van der Waals surface area contributed by atoms with E-state index in [-0.39, 0.29) is 11.7 Å². The van der Waals surface area contributed by atoms with E-state index in [1.165, 1.54) is 6.07 Å². The molecule has 0 saturated carbocycles. The maximum Gasteiger partial charge on any atom is 0.313 e. The fourth-order valence-electron chi connectivity index (χ4n) is 1.65. The third-order valence-corrected chi connectivity index (χ3v) is 5.54. The van der Waals surface area contributed by atoms with Crippen LogP contribution in [0.5, 0.6) is 5.75 Å². The maximum atomic E-state index is 10.8. The summed E-state index contributed by atoms with van der Waals surface area (Å²) in [6, 6.07) is 4.74. The molecule has 21 heavy (non-hydrogen) atoms. The average Bonchev–Trinajstić information content (AvgIpc) is 2.37. The highest BCUT2D eigenvalue weighted by Gasteiger charge is 2.23. The van der Waals surface area contributed by atoms with Crippen LogP contribution in [0.25, 0.3) is 0 Å². The molecular weight excluding hydrogens is 311 g/mol. The molecule has 118 valence electrons. The second-order valence-electron chi connectivity index (χ2n) is 4.65. The van der Waals surface area contributed by atoms with Crippen molar-refractivity contribution in [3.8, 4) is 5.75 Å². The topological polar surface area (TPSA) is 73.6 Å². The fourth-order valence-corrected chi connectivity index (χ4v) is 4.40. The molecule has 1 N–H and O–H groups in total. The number of aryl methyl sites for hydroxylation is 1. The van der Waals surface area contributed by atoms with E-state index in [4.69, 9.17) is 20.9 Å². The molecule has 0 aliphatic carbocycles. The van der Waals surface area contributed by atoms with Crippen LogP contribution in [-0.2, 0) is 16.3 Å². The standard InChI is InChI=1S/C13H21N2O4PS/c1-5-11(4)14-20(21,18-6-2)19-12-7-8-13(15(16)17)10(3)9-12/h7-9,11H,5-6H2,1-4H3,(H,14,21). The summed E-state index contributed by atoms with van der Waals surface area (Å²) in [5.74, 6) is 0.477. The van der Waals surface area contributed by atoms with Crippen LogP contribution in [0, 0.1) is 17.0 Å². The Balaban J connectivity index is 2.96. The highest BCUT2D eigenvalue weighted by molar-refractivity contribution is 8.09. The third kappa shape index (κ3) is 5.36. The molecule has 1 aromatic carbocycles. The number of benzene rings is 1. The molecule has 0 aromatic heterocycles. The quantitative estimate of drug-likeness (QED) is 0.442. The minimum absolute atomic E-state index is 0.0574. The Morgan fingerprint density at radius 2 is 2.14 bits per heavy atom. The van der Waals surface area contributed by atoms with Crippen molar-refractivity contribution in [1.29, 1.82) is 0 Å². The summed E-state index contributed by atoms with van der Waals surface area (Å²) in [6.45, 7) is 5.34. The molecule has 1 aromatic rings. The Bertz CT molecular complexity index is 553. The molecule has 2 unspecified atom stereocenters. The highest BCUT2D eigenvalue weighted by Crippen LogP contribution is 2.45. The van der Waals surface area contributed by atoms with Gasteiger partial charge in [0.25, 0.3) is 5.69 Å². The summed E-state index contributed by atoms with van der Waals surface area (Å²) in [5.41, 5.74) is 0.584. The van der Waals surface area contributed by atoms with Gasteiger partial charge in [0.2, 0.25) is 0 Å². The zero-order valence-corrected chi connectivity index (χ0v) is 14.4. The monoisotopic (exact) mass is 332 g/mol. The number of nitrogens with one attached hydrogen (secondary N) is 1. The van der Waals surface area contributed by atoms with Crippen LogP contribution in [-0.4, -0.2) is 17.6 Å². The summed E-state index contributed by atoms with van der Waals surface area (Å²) < 4.78 is 11.4. The molecule has 0 bridgehead atoms. The van der Waals surface area contributed by atoms with Crippen molar-refractivity contribution >= 4 is 24.1 Å². The number of hydrogen-bond acceptors (Lipinski definition) is 5. The maximum absolute atomic E-state index is 10.8. The predicted molar refractivity (Wildman–Crippen MR) is 87.3 cm³/mol. The number of nitro benzene ring substituents is 1. The number of nitrogens with zero attached hydrogens (tertiary/aromatic N) is 1. The summed E-state index contributed by atoms with van der Waals surface area (Å²) in [5, 5.41) is 14.0. The van der Waals surface area contributed by atoms with Crippen molar-refractivity contribution in [2.45, 2.75) is 40.2 Å². The lowest BCUT2D eigenvalue weighted by Crippen LogP contribution is -2.25. The van der Waals surface area contributed by atoms with E-state index >= 15 is 0 Å². The van der Waals surface area contributed by atoms with Gasteiger partial charge < -0.3 is 9.05 Å². The molecule has 0 fully saturated rings. The van der Waals surface area contributed by atoms with E-state index in [0.29, 0.717) is 17.9 Å². The van der Waals surface area contributed by atoms with Gasteiger partial charge in [-0.25, -0.2) is 5.09 Å². The second-order valence-corrected chi connectivity index (χ2v) is 7.79. The lowest BCUT2D eigenvalue weighted by atomic mass is 10.2. The SMILES string of the molecule is CCOP(=S)(NC(C)CC)Oc1ccc([N+](=O)[O-])c(C)c1. The first-order valence-corrected chi connectivity index (χ1v) is 9.42. The van der Waals surface area contributed by atoms with Crippen molar-refractivity contribution in [3.63, 3.8) is 0 Å². The normalized spacial score (nSPS) is 15.2. The molecule has 8 heteroatoms. The van der Waals surface area contributed by atoms with Gasteiger partial charge >= 0.3 is 6.64 Å². The Labute approximate surface area is 130 Å². The molecule has 6 nitrogen and oxygen atoms in total. The molecule has 0 radical (unpaired) electrons. The zero-order valence-electron chi connectivity index (χ0n) is 12.7. The van der Waals surface area contributed by atoms with Crippen LogP contribution in [0.3, 0.4) is 0 Å². The van der Waals surface area contributed by atoms with Gasteiger partial charge in [-0.2, -0.15) is 0 Å². The third-order valence-electron chi connectivity index (χ3n) is 2.88. The van der Waals surface area contributed by atoms with Crippen molar-refractivity contribution in [2.75, 3.05) is 6.61 Å². The molecule has 0 saturated heterocycles. The van der Waals surface area contributed by atoms with Crippen LogP contribution in [0.4, 0.5) is 5.69 Å². The van der Waals surface area contributed by atoms with Crippen LogP contribution in [0.15, 0.2) is 18.2 Å². The Hall–Kier alpha value is -1.01. The van der Waals surface area contributed by atoms with Crippen molar-refractivity contribution in [2.24, 2.45) is 0 Å². The van der Waals surface area contributed by atoms with Crippen LogP contribution in [0.2, 0.25) is 0 Å². The lowest BCUT2D eigenvalue weighted by Gasteiger charge is -2.26. The molecular formula is C13H21N2O4PS. The average molecular weight is 332 g/mol. The molecule has 0 spiro atoms. The Kier molecular flexibility index (Phi) is 6.74. The second kappa shape index (κ2) is 7.84. The molecule has 0 amide bonds. The molecule has 1 rings (SSSR count). The van der Waals surface area contributed by atoms with Crippen LogP contribution < -0.4 is 9.61 Å². The van der Waals surface area contributed by atoms with Crippen LogP contribution in [0.1, 0.15) is 32.8 Å². The minimum Gasteiger partial charge on any atom is -0.433 e. The zero-order chi connectivity index (χ0) is 16.0.